The highest BCUT2D eigenvalue weighted by Crippen LogP contribution is 2.50. The lowest BCUT2D eigenvalue weighted by atomic mass is 9.71. The van der Waals surface area contributed by atoms with E-state index in [1.807, 2.05) is 13.8 Å². The molecule has 4 rings (SSSR count). The lowest BCUT2D eigenvalue weighted by Gasteiger charge is -2.39. The Bertz CT molecular complexity index is 1190. The first-order chi connectivity index (χ1) is 16.1. The Kier molecular flexibility index (Phi) is 6.33. The first-order valence-electron chi connectivity index (χ1n) is 11.6. The molecule has 0 heterocycles. The number of aliphatic hydroxyl groups is 1. The van der Waals surface area contributed by atoms with E-state index in [0.29, 0.717) is 13.1 Å². The zero-order valence-electron chi connectivity index (χ0n) is 19.6. The van der Waals surface area contributed by atoms with E-state index < -0.39 is 34.7 Å². The number of hydrogen-bond acceptors (Lipinski definition) is 8. The van der Waals surface area contributed by atoms with Crippen molar-refractivity contribution in [1.29, 1.82) is 0 Å². The van der Waals surface area contributed by atoms with Crippen molar-refractivity contribution in [2.45, 2.75) is 45.3 Å². The van der Waals surface area contributed by atoms with Gasteiger partial charge in [-0.1, -0.05) is 38.1 Å². The molecule has 0 bridgehead atoms. The second-order valence-corrected chi connectivity index (χ2v) is 9.05. The van der Waals surface area contributed by atoms with Crippen LogP contribution in [0, 0.1) is 0 Å². The van der Waals surface area contributed by atoms with Crippen LogP contribution in [0.25, 0.3) is 0 Å². The Labute approximate surface area is 198 Å². The maximum atomic E-state index is 13.3. The van der Waals surface area contributed by atoms with Gasteiger partial charge in [-0.15, -0.1) is 0 Å². The predicted molar refractivity (Wildman–Crippen MR) is 126 cm³/mol. The van der Waals surface area contributed by atoms with Crippen LogP contribution in [0.5, 0.6) is 11.5 Å². The average molecular weight is 467 g/mol. The molecule has 8 heteroatoms. The highest BCUT2D eigenvalue weighted by molar-refractivity contribution is 6.30. The summed E-state index contributed by atoms with van der Waals surface area (Å²) < 4.78 is 0. The standard InChI is InChI=1S/C26H30N2O6/c1-4-28(5-2)11-10-27-18-13-26(34,14(3)29)12-17-19(18)25(33)21-20(24(17)32)22(30)15-8-6-7-9-16(15)23(21)31/h6-9,18,27,32-34H,4-5,10-13H2,1-3H3. The molecule has 180 valence electrons. The third-order valence-electron chi connectivity index (χ3n) is 7.19. The van der Waals surface area contributed by atoms with Gasteiger partial charge in [0, 0.05) is 54.2 Å². The number of Topliss-reactive ketones (excluding diaryl/α,β-unsaturated/α-hetero) is 1. The molecular formula is C26H30N2O6. The van der Waals surface area contributed by atoms with Crippen LogP contribution in [0.15, 0.2) is 24.3 Å². The number of rotatable bonds is 7. The SMILES string of the molecule is CCN(CC)CCNC1CC(O)(C(C)=O)Cc2c(O)c3c(c(O)c21)C(=O)c1ccccc1C3=O. The number of phenolic OH excluding ortho intramolecular Hbond substituents is 2. The molecule has 2 aromatic rings. The summed E-state index contributed by atoms with van der Waals surface area (Å²) in [6.45, 7) is 8.26. The molecule has 34 heavy (non-hydrogen) atoms. The topological polar surface area (TPSA) is 127 Å². The van der Waals surface area contributed by atoms with Gasteiger partial charge < -0.3 is 25.5 Å². The molecule has 0 aromatic heterocycles. The molecule has 0 aliphatic heterocycles. The lowest BCUT2D eigenvalue weighted by Crippen LogP contribution is -2.47. The van der Waals surface area contributed by atoms with Crippen molar-refractivity contribution >= 4 is 17.3 Å². The maximum absolute atomic E-state index is 13.3. The van der Waals surface area contributed by atoms with E-state index in [9.17, 15) is 29.7 Å². The highest BCUT2D eigenvalue weighted by Gasteiger charge is 2.47. The lowest BCUT2D eigenvalue weighted by molar-refractivity contribution is -0.137. The van der Waals surface area contributed by atoms with Gasteiger partial charge in [-0.25, -0.2) is 0 Å². The van der Waals surface area contributed by atoms with Gasteiger partial charge in [0.2, 0.25) is 0 Å². The maximum Gasteiger partial charge on any atom is 0.198 e. The normalized spacial score (nSPS) is 21.3. The Balaban J connectivity index is 1.86. The number of nitrogens with one attached hydrogen (secondary N) is 1. The van der Waals surface area contributed by atoms with Crippen LogP contribution in [-0.2, 0) is 11.2 Å². The van der Waals surface area contributed by atoms with Crippen molar-refractivity contribution in [3.05, 3.63) is 57.6 Å². The van der Waals surface area contributed by atoms with Gasteiger partial charge >= 0.3 is 0 Å². The first kappa shape index (κ1) is 24.1. The van der Waals surface area contributed by atoms with Crippen LogP contribution in [0.4, 0.5) is 0 Å². The van der Waals surface area contributed by atoms with Crippen molar-refractivity contribution < 1.29 is 29.7 Å². The van der Waals surface area contributed by atoms with E-state index in [-0.39, 0.29) is 52.0 Å². The van der Waals surface area contributed by atoms with Crippen LogP contribution < -0.4 is 5.32 Å². The van der Waals surface area contributed by atoms with E-state index in [1.54, 1.807) is 12.1 Å². The van der Waals surface area contributed by atoms with Crippen LogP contribution in [0.3, 0.4) is 0 Å². The molecule has 0 radical (unpaired) electrons. The van der Waals surface area contributed by atoms with Gasteiger partial charge in [0.25, 0.3) is 0 Å². The van der Waals surface area contributed by atoms with Gasteiger partial charge in [0.05, 0.1) is 11.1 Å². The van der Waals surface area contributed by atoms with E-state index in [0.717, 1.165) is 13.1 Å². The van der Waals surface area contributed by atoms with E-state index in [1.165, 1.54) is 19.1 Å². The summed E-state index contributed by atoms with van der Waals surface area (Å²) in [4.78, 5) is 41.1. The number of nitrogens with zero attached hydrogens (tertiary/aromatic N) is 1. The molecule has 0 saturated heterocycles. The summed E-state index contributed by atoms with van der Waals surface area (Å²) in [6.07, 6.45) is -0.292. The third-order valence-corrected chi connectivity index (χ3v) is 7.19. The second-order valence-electron chi connectivity index (χ2n) is 9.05. The van der Waals surface area contributed by atoms with E-state index in [2.05, 4.69) is 10.2 Å². The number of aromatic hydroxyl groups is 2. The predicted octanol–water partition coefficient (Wildman–Crippen LogP) is 2.11. The van der Waals surface area contributed by atoms with Crippen LogP contribution >= 0.6 is 0 Å². The van der Waals surface area contributed by atoms with Crippen molar-refractivity contribution in [2.75, 3.05) is 26.2 Å². The number of ketones is 3. The Morgan fingerprint density at radius 3 is 2.15 bits per heavy atom. The minimum atomic E-state index is -1.78. The zero-order valence-corrected chi connectivity index (χ0v) is 19.6. The fraction of sp³-hybridized carbons (Fsp3) is 0.423. The number of benzene rings is 2. The molecule has 8 nitrogen and oxygen atoms in total. The van der Waals surface area contributed by atoms with Gasteiger partial charge in [-0.3, -0.25) is 14.4 Å². The van der Waals surface area contributed by atoms with E-state index in [4.69, 9.17) is 0 Å². The van der Waals surface area contributed by atoms with Crippen molar-refractivity contribution in [1.82, 2.24) is 10.2 Å². The summed E-state index contributed by atoms with van der Waals surface area (Å²) in [7, 11) is 0. The van der Waals surface area contributed by atoms with Gasteiger partial charge in [0.15, 0.2) is 17.3 Å². The first-order valence-corrected chi connectivity index (χ1v) is 11.6. The molecule has 2 aromatic carbocycles. The molecule has 2 atom stereocenters. The Morgan fingerprint density at radius 2 is 1.62 bits per heavy atom. The summed E-state index contributed by atoms with van der Waals surface area (Å²) in [5.41, 5.74) is -1.63. The molecule has 2 unspecified atom stereocenters. The van der Waals surface area contributed by atoms with Crippen molar-refractivity contribution in [2.24, 2.45) is 0 Å². The van der Waals surface area contributed by atoms with Crippen LogP contribution in [0.2, 0.25) is 0 Å². The number of phenols is 2. The Morgan fingerprint density at radius 1 is 1.06 bits per heavy atom. The monoisotopic (exact) mass is 466 g/mol. The number of carbonyl (C=O) groups excluding carboxylic acids is 3. The second kappa shape index (κ2) is 8.94. The zero-order chi connectivity index (χ0) is 24.8. The molecule has 0 fully saturated rings. The number of fused-ring (bicyclic) bond motifs is 3. The van der Waals surface area contributed by atoms with Gasteiger partial charge in [0.1, 0.15) is 17.1 Å². The third kappa shape index (κ3) is 3.72. The van der Waals surface area contributed by atoms with Crippen LogP contribution in [0.1, 0.15) is 76.2 Å². The quantitative estimate of drug-likeness (QED) is 0.390. The number of likely N-dealkylation sites (N-methyl/N-ethyl adjacent to an activating group) is 1. The summed E-state index contributed by atoms with van der Waals surface area (Å²) in [5.74, 6) is -2.45. The summed E-state index contributed by atoms with van der Waals surface area (Å²) >= 11 is 0. The van der Waals surface area contributed by atoms with Gasteiger partial charge in [-0.2, -0.15) is 0 Å². The molecule has 4 N–H and O–H groups in total. The minimum Gasteiger partial charge on any atom is -0.507 e. The molecule has 2 aliphatic carbocycles. The smallest absolute Gasteiger partial charge is 0.198 e. The summed E-state index contributed by atoms with van der Waals surface area (Å²) in [6, 6.07) is 5.56. The fourth-order valence-corrected chi connectivity index (χ4v) is 5.12. The molecule has 2 aliphatic rings. The average Bonchev–Trinajstić information content (AvgIpc) is 2.82. The van der Waals surface area contributed by atoms with E-state index >= 15 is 0 Å². The number of hydrogen-bond donors (Lipinski definition) is 4. The highest BCUT2D eigenvalue weighted by atomic mass is 16.3. The minimum absolute atomic E-state index is 0.0297. The van der Waals surface area contributed by atoms with Crippen molar-refractivity contribution in [3.8, 4) is 11.5 Å². The van der Waals surface area contributed by atoms with Gasteiger partial charge in [-0.05, 0) is 20.0 Å². The molecule has 0 saturated carbocycles. The molecule has 0 amide bonds. The van der Waals surface area contributed by atoms with Crippen molar-refractivity contribution in [3.63, 3.8) is 0 Å². The van der Waals surface area contributed by atoms with Crippen LogP contribution in [-0.4, -0.2) is 69.3 Å². The summed E-state index contributed by atoms with van der Waals surface area (Å²) in [5, 5.41) is 36.9. The molecule has 0 spiro atoms. The number of carbonyl (C=O) groups is 3. The largest absolute Gasteiger partial charge is 0.507 e. The fourth-order valence-electron chi connectivity index (χ4n) is 5.12. The Hall–Kier alpha value is -3.07. The molecular weight excluding hydrogens is 436 g/mol.